The minimum atomic E-state index is -0.779. The Hall–Kier alpha value is -1.94. The van der Waals surface area contributed by atoms with Crippen molar-refractivity contribution in [3.8, 4) is 0 Å². The molecule has 2 atom stereocenters. The topological polar surface area (TPSA) is 43.4 Å². The van der Waals surface area contributed by atoms with Crippen molar-refractivity contribution in [2.75, 3.05) is 0 Å². The summed E-state index contributed by atoms with van der Waals surface area (Å²) in [6, 6.07) is 9.26. The van der Waals surface area contributed by atoms with Gasteiger partial charge in [0.05, 0.1) is 0 Å². The van der Waals surface area contributed by atoms with E-state index >= 15 is 0 Å². The van der Waals surface area contributed by atoms with Gasteiger partial charge in [0.25, 0.3) is 0 Å². The summed E-state index contributed by atoms with van der Waals surface area (Å²) >= 11 is 1.51. The third-order valence-corrected chi connectivity index (χ3v) is 5.74. The summed E-state index contributed by atoms with van der Waals surface area (Å²) in [6.07, 6.45) is 2.45. The van der Waals surface area contributed by atoms with Gasteiger partial charge in [0.15, 0.2) is 6.10 Å². The molecular weight excluding hydrogens is 320 g/mol. The first-order valence-electron chi connectivity index (χ1n) is 8.37. The molecule has 0 radical (unpaired) electrons. The number of Topliss-reactive ketones (excluding diaryl/α,β-unsaturated/α-hetero) is 1. The summed E-state index contributed by atoms with van der Waals surface area (Å²) in [6.45, 7) is 5.84. The van der Waals surface area contributed by atoms with E-state index in [0.29, 0.717) is 16.4 Å². The van der Waals surface area contributed by atoms with Crippen molar-refractivity contribution in [3.63, 3.8) is 0 Å². The summed E-state index contributed by atoms with van der Waals surface area (Å²) < 4.78 is 5.41. The number of thiophene rings is 1. The van der Waals surface area contributed by atoms with Gasteiger partial charge in [0.2, 0.25) is 5.78 Å². The van der Waals surface area contributed by atoms with Crippen LogP contribution in [0.2, 0.25) is 0 Å². The average Bonchev–Trinajstić information content (AvgIpc) is 2.98. The number of hydrogen-bond donors (Lipinski definition) is 0. The molecule has 126 valence electrons. The maximum atomic E-state index is 12.4. The largest absolute Gasteiger partial charge is 0.450 e. The Morgan fingerprint density at radius 3 is 2.67 bits per heavy atom. The standard InChI is InChI=1S/C20H22O3S/c1-12-4-7-15(8-5-12)19(21)14(3)23-20(22)18-11-16-10-13(2)6-9-17(16)24-18/h4-5,7-8,11,13-14H,6,9-10H2,1-3H3/t13-,14-/m0/s1. The van der Waals surface area contributed by atoms with Crippen LogP contribution in [0.3, 0.4) is 0 Å². The molecule has 2 aromatic rings. The van der Waals surface area contributed by atoms with Crippen molar-refractivity contribution in [2.45, 2.75) is 46.1 Å². The highest BCUT2D eigenvalue weighted by atomic mass is 32.1. The number of benzene rings is 1. The summed E-state index contributed by atoms with van der Waals surface area (Å²) in [7, 11) is 0. The number of aryl methyl sites for hydroxylation is 2. The number of carbonyl (C=O) groups excluding carboxylic acids is 2. The van der Waals surface area contributed by atoms with E-state index in [4.69, 9.17) is 4.74 Å². The highest BCUT2D eigenvalue weighted by Crippen LogP contribution is 2.32. The Labute approximate surface area is 146 Å². The molecule has 3 nitrogen and oxygen atoms in total. The molecule has 1 heterocycles. The van der Waals surface area contributed by atoms with Crippen LogP contribution in [0.5, 0.6) is 0 Å². The Kier molecular flexibility index (Phi) is 4.86. The van der Waals surface area contributed by atoms with Gasteiger partial charge in [0.1, 0.15) is 4.88 Å². The third kappa shape index (κ3) is 3.59. The summed E-state index contributed by atoms with van der Waals surface area (Å²) in [4.78, 5) is 26.7. The van der Waals surface area contributed by atoms with E-state index in [2.05, 4.69) is 6.92 Å². The second-order valence-corrected chi connectivity index (χ2v) is 7.82. The maximum absolute atomic E-state index is 12.4. The Morgan fingerprint density at radius 1 is 1.25 bits per heavy atom. The van der Waals surface area contributed by atoms with Crippen LogP contribution < -0.4 is 0 Å². The molecule has 3 rings (SSSR count). The van der Waals surface area contributed by atoms with Crippen molar-refractivity contribution < 1.29 is 14.3 Å². The van der Waals surface area contributed by atoms with Crippen LogP contribution in [-0.4, -0.2) is 17.9 Å². The van der Waals surface area contributed by atoms with E-state index < -0.39 is 12.1 Å². The number of ether oxygens (including phenoxy) is 1. The lowest BCUT2D eigenvalue weighted by Crippen LogP contribution is -2.24. The fourth-order valence-corrected chi connectivity index (χ4v) is 4.12. The minimum absolute atomic E-state index is 0.168. The monoisotopic (exact) mass is 342 g/mol. The van der Waals surface area contributed by atoms with Gasteiger partial charge in [-0.2, -0.15) is 0 Å². The summed E-state index contributed by atoms with van der Waals surface area (Å²) in [5.74, 6) is 0.103. The van der Waals surface area contributed by atoms with E-state index in [1.807, 2.05) is 25.1 Å². The van der Waals surface area contributed by atoms with E-state index in [-0.39, 0.29) is 5.78 Å². The molecule has 1 aromatic carbocycles. The van der Waals surface area contributed by atoms with Gasteiger partial charge in [-0.05, 0) is 50.7 Å². The van der Waals surface area contributed by atoms with E-state index in [9.17, 15) is 9.59 Å². The van der Waals surface area contributed by atoms with Gasteiger partial charge in [-0.1, -0.05) is 36.8 Å². The Balaban J connectivity index is 1.68. The molecule has 0 unspecified atom stereocenters. The Morgan fingerprint density at radius 2 is 1.96 bits per heavy atom. The van der Waals surface area contributed by atoms with E-state index in [0.717, 1.165) is 18.4 Å². The predicted octanol–water partition coefficient (Wildman–Crippen LogP) is 4.61. The lowest BCUT2D eigenvalue weighted by molar-refractivity contribution is 0.0323. The molecule has 0 amide bonds. The number of hydrogen-bond acceptors (Lipinski definition) is 4. The average molecular weight is 342 g/mol. The molecule has 0 N–H and O–H groups in total. The highest BCUT2D eigenvalue weighted by molar-refractivity contribution is 7.14. The molecule has 0 fully saturated rings. The van der Waals surface area contributed by atoms with Crippen molar-refractivity contribution in [3.05, 3.63) is 56.8 Å². The van der Waals surface area contributed by atoms with Gasteiger partial charge < -0.3 is 4.74 Å². The van der Waals surface area contributed by atoms with Crippen LogP contribution in [0.1, 0.15) is 56.3 Å². The number of ketones is 1. The van der Waals surface area contributed by atoms with Crippen LogP contribution >= 0.6 is 11.3 Å². The zero-order chi connectivity index (χ0) is 17.3. The summed E-state index contributed by atoms with van der Waals surface area (Å²) in [5, 5.41) is 0. The molecule has 0 saturated carbocycles. The first-order valence-corrected chi connectivity index (χ1v) is 9.19. The van der Waals surface area contributed by atoms with Crippen LogP contribution in [-0.2, 0) is 17.6 Å². The highest BCUT2D eigenvalue weighted by Gasteiger charge is 2.24. The van der Waals surface area contributed by atoms with Crippen LogP contribution in [0.25, 0.3) is 0 Å². The van der Waals surface area contributed by atoms with Crippen LogP contribution in [0, 0.1) is 12.8 Å². The zero-order valence-corrected chi connectivity index (χ0v) is 15.1. The predicted molar refractivity (Wildman–Crippen MR) is 95.9 cm³/mol. The van der Waals surface area contributed by atoms with Crippen molar-refractivity contribution >= 4 is 23.1 Å². The molecule has 0 saturated heterocycles. The number of esters is 1. The number of rotatable bonds is 4. The molecule has 0 spiro atoms. The van der Waals surface area contributed by atoms with Crippen molar-refractivity contribution in [1.29, 1.82) is 0 Å². The second kappa shape index (κ2) is 6.89. The number of carbonyl (C=O) groups is 2. The van der Waals surface area contributed by atoms with Gasteiger partial charge >= 0.3 is 5.97 Å². The van der Waals surface area contributed by atoms with Gasteiger partial charge in [-0.3, -0.25) is 4.79 Å². The molecule has 0 bridgehead atoms. The smallest absolute Gasteiger partial charge is 0.349 e. The summed E-state index contributed by atoms with van der Waals surface area (Å²) in [5.41, 5.74) is 2.93. The normalized spacial score (nSPS) is 17.9. The van der Waals surface area contributed by atoms with Crippen LogP contribution in [0.4, 0.5) is 0 Å². The SMILES string of the molecule is Cc1ccc(C(=O)[C@H](C)OC(=O)c2cc3c(s2)CC[C@H](C)C3)cc1. The fraction of sp³-hybridized carbons (Fsp3) is 0.400. The maximum Gasteiger partial charge on any atom is 0.349 e. The second-order valence-electron chi connectivity index (χ2n) is 6.68. The first-order chi connectivity index (χ1) is 11.4. The minimum Gasteiger partial charge on any atom is -0.450 e. The van der Waals surface area contributed by atoms with Gasteiger partial charge in [0, 0.05) is 10.4 Å². The van der Waals surface area contributed by atoms with Gasteiger partial charge in [-0.25, -0.2) is 4.79 Å². The molecule has 1 aromatic heterocycles. The molecule has 1 aliphatic carbocycles. The van der Waals surface area contributed by atoms with E-state index in [1.54, 1.807) is 19.1 Å². The lowest BCUT2D eigenvalue weighted by atomic mass is 9.90. The molecule has 24 heavy (non-hydrogen) atoms. The molecule has 1 aliphatic rings. The van der Waals surface area contributed by atoms with Crippen molar-refractivity contribution in [2.24, 2.45) is 5.92 Å². The quantitative estimate of drug-likeness (QED) is 0.602. The molecule has 0 aliphatic heterocycles. The van der Waals surface area contributed by atoms with Crippen LogP contribution in [0.15, 0.2) is 30.3 Å². The van der Waals surface area contributed by atoms with Crippen molar-refractivity contribution in [1.82, 2.24) is 0 Å². The lowest BCUT2D eigenvalue weighted by Gasteiger charge is -2.16. The fourth-order valence-electron chi connectivity index (χ4n) is 3.03. The van der Waals surface area contributed by atoms with E-state index in [1.165, 1.54) is 28.2 Å². The molecular formula is C20H22O3S. The molecule has 4 heteroatoms. The van der Waals surface area contributed by atoms with Gasteiger partial charge in [-0.15, -0.1) is 11.3 Å². The third-order valence-electron chi connectivity index (χ3n) is 4.52. The first kappa shape index (κ1) is 16.9. The zero-order valence-electron chi connectivity index (χ0n) is 14.3. The number of fused-ring (bicyclic) bond motifs is 1. The Bertz CT molecular complexity index is 758.